The number of aliphatic imine (C=N–C) groups is 1. The largest absolute Gasteiger partial charge is 0.467 e. The van der Waals surface area contributed by atoms with Gasteiger partial charge in [0.05, 0.1) is 18.9 Å². The summed E-state index contributed by atoms with van der Waals surface area (Å²) in [6.45, 7) is 0.830. The molecule has 0 spiro atoms. The fraction of sp³-hybridized carbons (Fsp3) is 0.267. The minimum absolute atomic E-state index is 0. The van der Waals surface area contributed by atoms with Gasteiger partial charge in [-0.05, 0) is 18.2 Å². The van der Waals surface area contributed by atoms with Gasteiger partial charge in [-0.25, -0.2) is 0 Å². The Morgan fingerprint density at radius 1 is 1.27 bits per heavy atom. The van der Waals surface area contributed by atoms with E-state index in [4.69, 9.17) is 16.0 Å². The Kier molecular flexibility index (Phi) is 8.29. The smallest absolute Gasteiger partial charge is 0.191 e. The number of hydrogen-bond donors (Lipinski definition) is 3. The molecular formula is C15H19ClIN3O2. The molecule has 0 saturated carbocycles. The summed E-state index contributed by atoms with van der Waals surface area (Å²) in [6, 6.07) is 10.9. The van der Waals surface area contributed by atoms with Gasteiger partial charge in [-0.3, -0.25) is 4.99 Å². The highest BCUT2D eigenvalue weighted by Gasteiger charge is 2.11. The quantitative estimate of drug-likeness (QED) is 0.384. The summed E-state index contributed by atoms with van der Waals surface area (Å²) in [5.74, 6) is 1.39. The monoisotopic (exact) mass is 435 g/mol. The molecule has 0 aliphatic rings. The van der Waals surface area contributed by atoms with Crippen molar-refractivity contribution in [2.24, 2.45) is 4.99 Å². The van der Waals surface area contributed by atoms with Crippen molar-refractivity contribution in [3.05, 3.63) is 59.0 Å². The minimum atomic E-state index is -0.708. The van der Waals surface area contributed by atoms with Crippen molar-refractivity contribution in [3.8, 4) is 0 Å². The van der Waals surface area contributed by atoms with Gasteiger partial charge in [0.15, 0.2) is 5.96 Å². The number of aliphatic hydroxyl groups excluding tert-OH is 1. The lowest BCUT2D eigenvalue weighted by Gasteiger charge is -2.16. The second kappa shape index (κ2) is 9.70. The van der Waals surface area contributed by atoms with Gasteiger partial charge in [-0.1, -0.05) is 29.8 Å². The summed E-state index contributed by atoms with van der Waals surface area (Å²) < 4.78 is 5.23. The molecule has 2 rings (SSSR count). The van der Waals surface area contributed by atoms with Crippen molar-refractivity contribution in [2.75, 3.05) is 13.6 Å². The molecule has 120 valence electrons. The average Bonchev–Trinajstić information content (AvgIpc) is 3.01. The van der Waals surface area contributed by atoms with Crippen LogP contribution >= 0.6 is 35.6 Å². The third-order valence-corrected chi connectivity index (χ3v) is 3.31. The van der Waals surface area contributed by atoms with E-state index < -0.39 is 6.10 Å². The molecule has 2 aromatic rings. The number of nitrogens with zero attached hydrogens (tertiary/aromatic N) is 1. The zero-order chi connectivity index (χ0) is 15.1. The van der Waals surface area contributed by atoms with E-state index in [0.717, 1.165) is 5.76 Å². The number of benzene rings is 1. The molecule has 1 heterocycles. The number of nitrogens with one attached hydrogen (secondary N) is 2. The van der Waals surface area contributed by atoms with E-state index in [2.05, 4.69) is 15.6 Å². The second-order valence-electron chi connectivity index (χ2n) is 4.42. The highest BCUT2D eigenvalue weighted by Crippen LogP contribution is 2.21. The fourth-order valence-electron chi connectivity index (χ4n) is 1.85. The number of furan rings is 1. The highest BCUT2D eigenvalue weighted by atomic mass is 127. The number of halogens is 2. The van der Waals surface area contributed by atoms with Crippen LogP contribution in [0.15, 0.2) is 52.1 Å². The van der Waals surface area contributed by atoms with Gasteiger partial charge in [0.25, 0.3) is 0 Å². The Bertz CT molecular complexity index is 590. The molecular weight excluding hydrogens is 417 g/mol. The van der Waals surface area contributed by atoms with Crippen LogP contribution in [0.25, 0.3) is 0 Å². The van der Waals surface area contributed by atoms with Crippen LogP contribution in [0.2, 0.25) is 5.02 Å². The van der Waals surface area contributed by atoms with Gasteiger partial charge < -0.3 is 20.2 Å². The Hall–Kier alpha value is -1.25. The second-order valence-corrected chi connectivity index (χ2v) is 4.83. The van der Waals surface area contributed by atoms with Crippen molar-refractivity contribution in [2.45, 2.75) is 12.6 Å². The molecule has 0 fully saturated rings. The summed E-state index contributed by atoms with van der Waals surface area (Å²) in [7, 11) is 1.67. The summed E-state index contributed by atoms with van der Waals surface area (Å²) in [5.41, 5.74) is 0.688. The van der Waals surface area contributed by atoms with E-state index in [9.17, 15) is 5.11 Å². The molecule has 1 aromatic heterocycles. The van der Waals surface area contributed by atoms with Gasteiger partial charge in [0.2, 0.25) is 0 Å². The van der Waals surface area contributed by atoms with Crippen LogP contribution < -0.4 is 10.6 Å². The van der Waals surface area contributed by atoms with E-state index in [1.165, 1.54) is 0 Å². The lowest BCUT2D eigenvalue weighted by atomic mass is 10.1. The Morgan fingerprint density at radius 3 is 2.68 bits per heavy atom. The predicted octanol–water partition coefficient (Wildman–Crippen LogP) is 2.95. The van der Waals surface area contributed by atoms with E-state index >= 15 is 0 Å². The predicted molar refractivity (Wildman–Crippen MR) is 98.7 cm³/mol. The zero-order valence-corrected chi connectivity index (χ0v) is 15.2. The number of guanidine groups is 1. The number of rotatable bonds is 5. The van der Waals surface area contributed by atoms with E-state index in [-0.39, 0.29) is 24.0 Å². The molecule has 7 heteroatoms. The molecule has 0 amide bonds. The first-order valence-electron chi connectivity index (χ1n) is 6.60. The molecule has 0 aliphatic heterocycles. The SMILES string of the molecule is CN=C(NCc1ccco1)NCC(O)c1ccccc1Cl.I. The van der Waals surface area contributed by atoms with Crippen LogP contribution in [-0.2, 0) is 6.54 Å². The van der Waals surface area contributed by atoms with Crippen LogP contribution in [-0.4, -0.2) is 24.7 Å². The zero-order valence-electron chi connectivity index (χ0n) is 12.1. The average molecular weight is 436 g/mol. The standard InChI is InChI=1S/C15H18ClN3O2.HI/c1-17-15(18-9-11-5-4-8-21-11)19-10-14(20)12-6-2-3-7-13(12)16;/h2-8,14,20H,9-10H2,1H3,(H2,17,18,19);1H. The fourth-order valence-corrected chi connectivity index (χ4v) is 2.11. The summed E-state index contributed by atoms with van der Waals surface area (Å²) in [6.07, 6.45) is 0.912. The lowest BCUT2D eigenvalue weighted by Crippen LogP contribution is -2.38. The lowest BCUT2D eigenvalue weighted by molar-refractivity contribution is 0.181. The van der Waals surface area contributed by atoms with Crippen LogP contribution in [0, 0.1) is 0 Å². The van der Waals surface area contributed by atoms with E-state index in [1.807, 2.05) is 24.3 Å². The molecule has 0 bridgehead atoms. The van der Waals surface area contributed by atoms with Crippen molar-refractivity contribution < 1.29 is 9.52 Å². The molecule has 3 N–H and O–H groups in total. The van der Waals surface area contributed by atoms with Crippen LogP contribution in [0.4, 0.5) is 0 Å². The maximum absolute atomic E-state index is 10.1. The molecule has 1 unspecified atom stereocenters. The Balaban J connectivity index is 0.00000242. The van der Waals surface area contributed by atoms with E-state index in [1.54, 1.807) is 25.4 Å². The first-order chi connectivity index (χ1) is 10.2. The highest BCUT2D eigenvalue weighted by molar-refractivity contribution is 14.0. The minimum Gasteiger partial charge on any atom is -0.467 e. The van der Waals surface area contributed by atoms with Crippen LogP contribution in [0.5, 0.6) is 0 Å². The molecule has 22 heavy (non-hydrogen) atoms. The molecule has 5 nitrogen and oxygen atoms in total. The first-order valence-corrected chi connectivity index (χ1v) is 6.98. The van der Waals surface area contributed by atoms with Crippen molar-refractivity contribution in [1.29, 1.82) is 0 Å². The van der Waals surface area contributed by atoms with Crippen LogP contribution in [0.3, 0.4) is 0 Å². The molecule has 0 radical (unpaired) electrons. The molecule has 0 saturated heterocycles. The van der Waals surface area contributed by atoms with Gasteiger partial charge in [-0.2, -0.15) is 0 Å². The summed E-state index contributed by atoms with van der Waals surface area (Å²) in [4.78, 5) is 4.08. The number of hydrogen-bond acceptors (Lipinski definition) is 3. The van der Waals surface area contributed by atoms with Crippen molar-refractivity contribution >= 4 is 41.5 Å². The van der Waals surface area contributed by atoms with Crippen LogP contribution in [0.1, 0.15) is 17.4 Å². The number of aliphatic hydroxyl groups is 1. The molecule has 1 aromatic carbocycles. The van der Waals surface area contributed by atoms with Gasteiger partial charge in [-0.15, -0.1) is 24.0 Å². The van der Waals surface area contributed by atoms with Crippen molar-refractivity contribution in [3.63, 3.8) is 0 Å². The topological polar surface area (TPSA) is 69.8 Å². The van der Waals surface area contributed by atoms with Gasteiger partial charge in [0, 0.05) is 24.2 Å². The normalized spacial score (nSPS) is 12.4. The molecule has 1 atom stereocenters. The Morgan fingerprint density at radius 2 is 2.05 bits per heavy atom. The Labute approximate surface area is 151 Å². The third-order valence-electron chi connectivity index (χ3n) is 2.96. The maximum Gasteiger partial charge on any atom is 0.191 e. The van der Waals surface area contributed by atoms with Gasteiger partial charge in [0.1, 0.15) is 5.76 Å². The maximum atomic E-state index is 10.1. The third kappa shape index (κ3) is 5.51. The van der Waals surface area contributed by atoms with Crippen molar-refractivity contribution in [1.82, 2.24) is 10.6 Å². The summed E-state index contributed by atoms with van der Waals surface area (Å²) >= 11 is 6.05. The molecule has 0 aliphatic carbocycles. The first kappa shape index (κ1) is 18.8. The van der Waals surface area contributed by atoms with Gasteiger partial charge >= 0.3 is 0 Å². The van der Waals surface area contributed by atoms with E-state index in [0.29, 0.717) is 29.6 Å². The summed E-state index contributed by atoms with van der Waals surface area (Å²) in [5, 5.41) is 16.8.